The van der Waals surface area contributed by atoms with Gasteiger partial charge in [-0.1, -0.05) is 25.3 Å². The molecular formula is C31H39FN4O4S. The summed E-state index contributed by atoms with van der Waals surface area (Å²) >= 11 is 0. The van der Waals surface area contributed by atoms with E-state index in [4.69, 9.17) is 4.74 Å². The van der Waals surface area contributed by atoms with Crippen LogP contribution >= 0.6 is 0 Å². The third-order valence-corrected chi connectivity index (χ3v) is 10.4. The number of aromatic nitrogens is 1. The Kier molecular flexibility index (Phi) is 7.82. The SMILES string of the molecule is CN1CCCS(=O)(=O)NC(=O)c2ccc3c(C4CCCCC4)c4n(c3c2)C[C@H](COc2ccc(F)cc2-4)N(C)CC1. The Morgan fingerprint density at radius 3 is 2.59 bits per heavy atom. The van der Waals surface area contributed by atoms with E-state index in [1.54, 1.807) is 18.2 Å². The van der Waals surface area contributed by atoms with Crippen molar-refractivity contribution in [2.75, 3.05) is 46.1 Å². The van der Waals surface area contributed by atoms with Gasteiger partial charge in [-0.25, -0.2) is 17.5 Å². The Balaban J connectivity index is 1.59. The first-order valence-corrected chi connectivity index (χ1v) is 16.4. The minimum Gasteiger partial charge on any atom is -0.491 e. The molecule has 1 aromatic heterocycles. The van der Waals surface area contributed by atoms with Crippen LogP contribution in [0, 0.1) is 5.82 Å². The van der Waals surface area contributed by atoms with Crippen LogP contribution in [0.25, 0.3) is 22.2 Å². The number of hydrogen-bond acceptors (Lipinski definition) is 6. The monoisotopic (exact) mass is 582 g/mol. The van der Waals surface area contributed by atoms with Crippen LogP contribution in [0.2, 0.25) is 0 Å². The van der Waals surface area contributed by atoms with Crippen LogP contribution in [-0.4, -0.2) is 80.8 Å². The van der Waals surface area contributed by atoms with Gasteiger partial charge in [-0.3, -0.25) is 9.69 Å². The Labute approximate surface area is 241 Å². The van der Waals surface area contributed by atoms with Crippen molar-refractivity contribution in [3.63, 3.8) is 0 Å². The van der Waals surface area contributed by atoms with Crippen LogP contribution in [0.5, 0.6) is 5.75 Å². The second-order valence-corrected chi connectivity index (χ2v) is 13.8. The molecule has 3 aliphatic rings. The summed E-state index contributed by atoms with van der Waals surface area (Å²) in [6.45, 7) is 3.18. The average Bonchev–Trinajstić information content (AvgIpc) is 3.25. The number of hydrogen-bond donors (Lipinski definition) is 1. The van der Waals surface area contributed by atoms with Crippen molar-refractivity contribution in [1.29, 1.82) is 0 Å². The van der Waals surface area contributed by atoms with Crippen molar-refractivity contribution in [3.05, 3.63) is 53.3 Å². The van der Waals surface area contributed by atoms with E-state index in [9.17, 15) is 17.6 Å². The maximum Gasteiger partial charge on any atom is 0.264 e. The summed E-state index contributed by atoms with van der Waals surface area (Å²) < 4.78 is 51.3. The lowest BCUT2D eigenvalue weighted by molar-refractivity contribution is 0.0981. The number of carbonyl (C=O) groups excluding carboxylic acids is 1. The summed E-state index contributed by atoms with van der Waals surface area (Å²) in [6.07, 6.45) is 6.01. The van der Waals surface area contributed by atoms with Gasteiger partial charge in [-0.05, 0) is 81.7 Å². The molecule has 1 amide bonds. The summed E-state index contributed by atoms with van der Waals surface area (Å²) in [4.78, 5) is 17.6. The zero-order valence-corrected chi connectivity index (χ0v) is 24.7. The van der Waals surface area contributed by atoms with E-state index in [1.165, 1.54) is 18.1 Å². The fraction of sp³-hybridized carbons (Fsp3) is 0.516. The van der Waals surface area contributed by atoms with Crippen LogP contribution in [-0.2, 0) is 16.6 Å². The second-order valence-electron chi connectivity index (χ2n) is 11.9. The molecule has 1 aliphatic carbocycles. The summed E-state index contributed by atoms with van der Waals surface area (Å²) in [7, 11) is 0.295. The van der Waals surface area contributed by atoms with Gasteiger partial charge in [-0.2, -0.15) is 0 Å². The largest absolute Gasteiger partial charge is 0.491 e. The average molecular weight is 583 g/mol. The minimum absolute atomic E-state index is 0.0286. The number of carbonyl (C=O) groups is 1. The predicted octanol–water partition coefficient (Wildman–Crippen LogP) is 4.58. The number of fused-ring (bicyclic) bond motifs is 4. The Bertz CT molecular complexity index is 1560. The maximum atomic E-state index is 14.8. The van der Waals surface area contributed by atoms with Gasteiger partial charge < -0.3 is 14.2 Å². The van der Waals surface area contributed by atoms with Crippen molar-refractivity contribution in [2.45, 2.75) is 57.0 Å². The number of ether oxygens (including phenoxy) is 1. The number of benzene rings is 2. The lowest BCUT2D eigenvalue weighted by Crippen LogP contribution is -2.44. The van der Waals surface area contributed by atoms with Gasteiger partial charge in [-0.15, -0.1) is 0 Å². The van der Waals surface area contributed by atoms with Gasteiger partial charge in [0.15, 0.2) is 0 Å². The van der Waals surface area contributed by atoms with Gasteiger partial charge in [0.05, 0.1) is 17.5 Å². The molecule has 220 valence electrons. The predicted molar refractivity (Wildman–Crippen MR) is 158 cm³/mol. The molecule has 8 nitrogen and oxygen atoms in total. The highest BCUT2D eigenvalue weighted by Gasteiger charge is 2.32. The van der Waals surface area contributed by atoms with E-state index in [-0.39, 0.29) is 17.6 Å². The zero-order valence-electron chi connectivity index (χ0n) is 23.9. The first-order valence-electron chi connectivity index (χ1n) is 14.7. The third kappa shape index (κ3) is 5.74. The van der Waals surface area contributed by atoms with E-state index in [0.717, 1.165) is 60.9 Å². The number of sulfonamides is 1. The Hall–Kier alpha value is -2.95. The molecule has 0 saturated heterocycles. The van der Waals surface area contributed by atoms with Crippen LogP contribution < -0.4 is 9.46 Å². The number of nitrogens with zero attached hydrogens (tertiary/aromatic N) is 3. The molecule has 41 heavy (non-hydrogen) atoms. The van der Waals surface area contributed by atoms with Gasteiger partial charge in [0.1, 0.15) is 18.2 Å². The zero-order chi connectivity index (χ0) is 28.7. The van der Waals surface area contributed by atoms with Crippen LogP contribution in [0.1, 0.15) is 60.4 Å². The fourth-order valence-corrected chi connectivity index (χ4v) is 7.74. The number of nitrogens with one attached hydrogen (secondary N) is 1. The van der Waals surface area contributed by atoms with Gasteiger partial charge in [0.25, 0.3) is 5.91 Å². The van der Waals surface area contributed by atoms with Crippen LogP contribution in [0.15, 0.2) is 36.4 Å². The first kappa shape index (κ1) is 28.2. The highest BCUT2D eigenvalue weighted by Crippen LogP contribution is 2.47. The molecule has 2 aromatic carbocycles. The van der Waals surface area contributed by atoms with Gasteiger partial charge in [0, 0.05) is 41.7 Å². The molecule has 3 heterocycles. The maximum absolute atomic E-state index is 14.8. The molecule has 0 unspecified atom stereocenters. The fourth-order valence-electron chi connectivity index (χ4n) is 6.73. The molecule has 1 saturated carbocycles. The van der Waals surface area contributed by atoms with E-state index >= 15 is 0 Å². The van der Waals surface area contributed by atoms with Crippen molar-refractivity contribution >= 4 is 26.8 Å². The molecule has 4 bridgehead atoms. The molecule has 0 spiro atoms. The van der Waals surface area contributed by atoms with Gasteiger partial charge >= 0.3 is 0 Å². The highest BCUT2D eigenvalue weighted by molar-refractivity contribution is 7.90. The standard InChI is InChI=1S/C31H39FN4O4S/c1-34-13-6-16-41(38,39)33-31(37)22-9-11-25-27(17-22)36-19-24(35(2)15-14-34)20-40-28-12-10-23(32)18-26(28)30(36)29(25)21-7-4-3-5-8-21/h9-12,17-18,21,24H,3-8,13-16,19-20H2,1-2H3,(H,33,37)/t24-/m1/s1. The molecule has 10 heteroatoms. The van der Waals surface area contributed by atoms with Crippen LogP contribution in [0.3, 0.4) is 0 Å². The van der Waals surface area contributed by atoms with E-state index in [2.05, 4.69) is 26.1 Å². The minimum atomic E-state index is -3.78. The second kappa shape index (κ2) is 11.4. The molecule has 6 rings (SSSR count). The molecule has 1 fully saturated rings. The third-order valence-electron chi connectivity index (χ3n) is 9.06. The lowest BCUT2D eigenvalue weighted by Gasteiger charge is -2.33. The summed E-state index contributed by atoms with van der Waals surface area (Å²) in [5.41, 5.74) is 4.01. The lowest BCUT2D eigenvalue weighted by atomic mass is 9.81. The smallest absolute Gasteiger partial charge is 0.264 e. The normalized spacial score (nSPS) is 23.1. The Morgan fingerprint density at radius 1 is 0.976 bits per heavy atom. The summed E-state index contributed by atoms with van der Waals surface area (Å²) in [5.74, 6) is -0.114. The van der Waals surface area contributed by atoms with Crippen molar-refractivity contribution in [2.24, 2.45) is 0 Å². The van der Waals surface area contributed by atoms with Crippen molar-refractivity contribution in [3.8, 4) is 17.0 Å². The molecule has 1 atom stereocenters. The quantitative estimate of drug-likeness (QED) is 0.452. The van der Waals surface area contributed by atoms with E-state index in [1.807, 2.05) is 19.2 Å². The topological polar surface area (TPSA) is 83.9 Å². The summed E-state index contributed by atoms with van der Waals surface area (Å²) in [6, 6.07) is 10.3. The molecular weight excluding hydrogens is 543 g/mol. The molecule has 2 aliphatic heterocycles. The van der Waals surface area contributed by atoms with Crippen molar-refractivity contribution < 1.29 is 22.3 Å². The molecule has 0 radical (unpaired) electrons. The van der Waals surface area contributed by atoms with E-state index < -0.39 is 15.9 Å². The first-order chi connectivity index (χ1) is 19.7. The number of rotatable bonds is 1. The summed E-state index contributed by atoms with van der Waals surface area (Å²) in [5, 5.41) is 1.03. The number of halogens is 1. The van der Waals surface area contributed by atoms with E-state index in [0.29, 0.717) is 43.3 Å². The molecule has 1 N–H and O–H groups in total. The molecule has 3 aromatic rings. The Morgan fingerprint density at radius 2 is 1.78 bits per heavy atom. The number of likely N-dealkylation sites (N-methyl/N-ethyl adjacent to an activating group) is 2. The number of amides is 1. The van der Waals surface area contributed by atoms with Crippen LogP contribution in [0.4, 0.5) is 4.39 Å². The highest BCUT2D eigenvalue weighted by atomic mass is 32.2. The van der Waals surface area contributed by atoms with Crippen molar-refractivity contribution in [1.82, 2.24) is 19.1 Å². The van der Waals surface area contributed by atoms with Gasteiger partial charge in [0.2, 0.25) is 10.0 Å².